The molecule has 0 radical (unpaired) electrons. The maximum atomic E-state index is 12.7. The molecule has 3 atom stereocenters. The lowest BCUT2D eigenvalue weighted by Crippen LogP contribution is -2.40. The minimum Gasteiger partial charge on any atom is -0.343 e. The summed E-state index contributed by atoms with van der Waals surface area (Å²) in [6.45, 7) is 0. The van der Waals surface area contributed by atoms with E-state index in [4.69, 9.17) is 0 Å². The van der Waals surface area contributed by atoms with Gasteiger partial charge < -0.3 is 10.6 Å². The average molecular weight is 341 g/mol. The zero-order valence-corrected chi connectivity index (χ0v) is 14.5. The van der Waals surface area contributed by atoms with Crippen LogP contribution in [0.5, 0.6) is 0 Å². The lowest BCUT2D eigenvalue weighted by Gasteiger charge is -2.29. The Morgan fingerprint density at radius 2 is 2.00 bits per heavy atom. The van der Waals surface area contributed by atoms with Gasteiger partial charge in [-0.3, -0.25) is 4.79 Å². The molecule has 4 rings (SSSR count). The molecule has 2 N–H and O–H groups in total. The van der Waals surface area contributed by atoms with Crippen LogP contribution in [0.4, 0.5) is 0 Å². The van der Waals surface area contributed by atoms with Crippen molar-refractivity contribution in [2.24, 2.45) is 5.92 Å². The second-order valence-electron chi connectivity index (χ2n) is 6.96. The summed E-state index contributed by atoms with van der Waals surface area (Å²) in [5.41, 5.74) is 1.09. The van der Waals surface area contributed by atoms with Crippen LogP contribution in [0.15, 0.2) is 41.9 Å². The third-order valence-electron chi connectivity index (χ3n) is 5.18. The van der Waals surface area contributed by atoms with Crippen molar-refractivity contribution in [3.8, 4) is 0 Å². The maximum absolute atomic E-state index is 12.7. The van der Waals surface area contributed by atoms with Gasteiger partial charge in [0.25, 0.3) is 0 Å². The molecule has 1 aromatic carbocycles. The van der Waals surface area contributed by atoms with E-state index in [0.717, 1.165) is 23.4 Å². The second kappa shape index (κ2) is 7.03. The summed E-state index contributed by atoms with van der Waals surface area (Å²) >= 11 is 1.59. The van der Waals surface area contributed by atoms with E-state index in [1.807, 2.05) is 23.6 Å². The molecule has 1 aromatic heterocycles. The number of fused-ring (bicyclic) bond motifs is 2. The first kappa shape index (κ1) is 15.8. The summed E-state index contributed by atoms with van der Waals surface area (Å²) in [7, 11) is 0. The number of aromatic nitrogens is 1. The molecule has 3 heterocycles. The molecule has 3 unspecified atom stereocenters. The van der Waals surface area contributed by atoms with Gasteiger partial charge in [0, 0.05) is 30.1 Å². The quantitative estimate of drug-likeness (QED) is 0.877. The van der Waals surface area contributed by atoms with Crippen molar-refractivity contribution in [1.29, 1.82) is 0 Å². The summed E-state index contributed by atoms with van der Waals surface area (Å²) in [6.07, 6.45) is 7.24. The molecule has 0 aliphatic carbocycles. The maximum Gasteiger partial charge on any atom is 0.221 e. The number of benzene rings is 1. The van der Waals surface area contributed by atoms with E-state index < -0.39 is 0 Å². The van der Waals surface area contributed by atoms with Crippen LogP contribution in [0.25, 0.3) is 0 Å². The van der Waals surface area contributed by atoms with Gasteiger partial charge in [-0.05, 0) is 37.2 Å². The minimum absolute atomic E-state index is 0.142. The third-order valence-corrected chi connectivity index (χ3v) is 6.02. The van der Waals surface area contributed by atoms with E-state index in [0.29, 0.717) is 24.4 Å². The Kier molecular flexibility index (Phi) is 4.63. The third kappa shape index (κ3) is 3.52. The van der Waals surface area contributed by atoms with Crippen molar-refractivity contribution in [3.63, 3.8) is 0 Å². The molecule has 0 saturated carbocycles. The summed E-state index contributed by atoms with van der Waals surface area (Å²) in [4.78, 5) is 17.1. The number of carbonyl (C=O) groups excluding carboxylic acids is 1. The number of rotatable bonds is 5. The Balaban J connectivity index is 1.43. The van der Waals surface area contributed by atoms with Crippen LogP contribution in [0.1, 0.15) is 48.7 Å². The Bertz CT molecular complexity index is 661. The molecule has 0 spiro atoms. The summed E-state index contributed by atoms with van der Waals surface area (Å²) < 4.78 is 0. The van der Waals surface area contributed by atoms with E-state index >= 15 is 0 Å². The molecule has 126 valence electrons. The van der Waals surface area contributed by atoms with Gasteiger partial charge in [0.15, 0.2) is 0 Å². The Morgan fingerprint density at radius 1 is 1.25 bits per heavy atom. The van der Waals surface area contributed by atoms with Gasteiger partial charge in [-0.25, -0.2) is 4.98 Å². The monoisotopic (exact) mass is 341 g/mol. The van der Waals surface area contributed by atoms with Crippen molar-refractivity contribution in [2.45, 2.75) is 50.2 Å². The highest BCUT2D eigenvalue weighted by atomic mass is 32.1. The van der Waals surface area contributed by atoms with Crippen LogP contribution < -0.4 is 10.6 Å². The molecule has 2 aromatic rings. The molecule has 2 fully saturated rings. The van der Waals surface area contributed by atoms with Crippen molar-refractivity contribution in [2.75, 3.05) is 0 Å². The fraction of sp³-hybridized carbons (Fsp3) is 0.474. The van der Waals surface area contributed by atoms with Gasteiger partial charge >= 0.3 is 0 Å². The van der Waals surface area contributed by atoms with E-state index in [-0.39, 0.29) is 11.9 Å². The normalized spacial score (nSPS) is 26.9. The van der Waals surface area contributed by atoms with Crippen molar-refractivity contribution in [1.82, 2.24) is 15.6 Å². The van der Waals surface area contributed by atoms with Crippen molar-refractivity contribution < 1.29 is 4.79 Å². The molecule has 2 saturated heterocycles. The summed E-state index contributed by atoms with van der Waals surface area (Å²) in [5, 5.41) is 9.77. The van der Waals surface area contributed by atoms with Gasteiger partial charge in [0.05, 0.1) is 0 Å². The topological polar surface area (TPSA) is 54.0 Å². The number of nitrogens with zero attached hydrogens (tertiary/aromatic N) is 1. The Labute approximate surface area is 146 Å². The molecule has 2 bridgehead atoms. The lowest BCUT2D eigenvalue weighted by atomic mass is 9.89. The van der Waals surface area contributed by atoms with Crippen molar-refractivity contribution in [3.05, 3.63) is 52.5 Å². The number of hydrogen-bond acceptors (Lipinski definition) is 4. The first-order valence-corrected chi connectivity index (χ1v) is 9.65. The average Bonchev–Trinajstić information content (AvgIpc) is 3.23. The van der Waals surface area contributed by atoms with Gasteiger partial charge in [-0.1, -0.05) is 30.3 Å². The highest BCUT2D eigenvalue weighted by molar-refractivity contribution is 7.09. The van der Waals surface area contributed by atoms with E-state index in [2.05, 4.69) is 27.8 Å². The first-order valence-electron chi connectivity index (χ1n) is 8.77. The van der Waals surface area contributed by atoms with Crippen LogP contribution in [0, 0.1) is 5.92 Å². The van der Waals surface area contributed by atoms with Crippen LogP contribution in [0.3, 0.4) is 0 Å². The summed E-state index contributed by atoms with van der Waals surface area (Å²) in [5.74, 6) is 0.654. The SMILES string of the molecule is O=C(CC1CC2CCC(C1)N2)NC(c1ccccc1)c1nccs1. The highest BCUT2D eigenvalue weighted by Gasteiger charge is 2.34. The number of piperidine rings is 1. The van der Waals surface area contributed by atoms with Gasteiger partial charge in [-0.15, -0.1) is 11.3 Å². The molecule has 5 heteroatoms. The number of hydrogen-bond donors (Lipinski definition) is 2. The zero-order valence-electron chi connectivity index (χ0n) is 13.7. The molecule has 1 amide bonds. The van der Waals surface area contributed by atoms with Gasteiger partial charge in [0.2, 0.25) is 5.91 Å². The van der Waals surface area contributed by atoms with Crippen molar-refractivity contribution >= 4 is 17.2 Å². The van der Waals surface area contributed by atoms with Crippen LogP contribution in [0.2, 0.25) is 0 Å². The molecule has 24 heavy (non-hydrogen) atoms. The van der Waals surface area contributed by atoms with Crippen LogP contribution in [-0.4, -0.2) is 23.0 Å². The van der Waals surface area contributed by atoms with E-state index in [1.54, 1.807) is 17.5 Å². The Hall–Kier alpha value is -1.72. The standard InChI is InChI=1S/C19H23N3OS/c23-17(12-13-10-15-6-7-16(11-13)21-15)22-18(19-20-8-9-24-19)14-4-2-1-3-5-14/h1-5,8-9,13,15-16,18,21H,6-7,10-12H2,(H,22,23). The predicted octanol–water partition coefficient (Wildman–Crippen LogP) is 3.27. The smallest absolute Gasteiger partial charge is 0.221 e. The number of thiazole rings is 1. The Morgan fingerprint density at radius 3 is 2.67 bits per heavy atom. The fourth-order valence-corrected chi connectivity index (χ4v) is 4.85. The van der Waals surface area contributed by atoms with Crippen LogP contribution >= 0.6 is 11.3 Å². The van der Waals surface area contributed by atoms with E-state index in [1.165, 1.54) is 12.8 Å². The van der Waals surface area contributed by atoms with Gasteiger partial charge in [-0.2, -0.15) is 0 Å². The molecular formula is C19H23N3OS. The molecule has 4 nitrogen and oxygen atoms in total. The lowest BCUT2D eigenvalue weighted by molar-refractivity contribution is -0.122. The molecular weight excluding hydrogens is 318 g/mol. The fourth-order valence-electron chi connectivity index (χ4n) is 4.13. The highest BCUT2D eigenvalue weighted by Crippen LogP contribution is 2.33. The van der Waals surface area contributed by atoms with E-state index in [9.17, 15) is 4.79 Å². The minimum atomic E-state index is -0.142. The number of amides is 1. The first-order chi connectivity index (χ1) is 11.8. The number of nitrogens with one attached hydrogen (secondary N) is 2. The largest absolute Gasteiger partial charge is 0.343 e. The summed E-state index contributed by atoms with van der Waals surface area (Å²) in [6, 6.07) is 11.2. The van der Waals surface area contributed by atoms with Gasteiger partial charge in [0.1, 0.15) is 11.0 Å². The zero-order chi connectivity index (χ0) is 16.4. The predicted molar refractivity (Wildman–Crippen MR) is 95.8 cm³/mol. The van der Waals surface area contributed by atoms with Crippen LogP contribution in [-0.2, 0) is 4.79 Å². The number of carbonyl (C=O) groups is 1. The second-order valence-corrected chi connectivity index (χ2v) is 7.89. The molecule has 2 aliphatic heterocycles. The molecule has 2 aliphatic rings.